The molecule has 8 heteroatoms. The van der Waals surface area contributed by atoms with Crippen molar-refractivity contribution < 1.29 is 23.5 Å². The molecule has 2 atom stereocenters. The van der Waals surface area contributed by atoms with E-state index in [-0.39, 0.29) is 17.8 Å². The van der Waals surface area contributed by atoms with Crippen LogP contribution in [0.2, 0.25) is 0 Å². The first-order chi connectivity index (χ1) is 16.2. The number of amides is 2. The van der Waals surface area contributed by atoms with Crippen molar-refractivity contribution in [1.82, 2.24) is 14.7 Å². The highest BCUT2D eigenvalue weighted by atomic mass is 19.1. The van der Waals surface area contributed by atoms with E-state index in [1.807, 2.05) is 25.7 Å². The maximum atomic E-state index is 13.6. The van der Waals surface area contributed by atoms with Crippen molar-refractivity contribution in [3.8, 4) is 0 Å². The highest BCUT2D eigenvalue weighted by Gasteiger charge is 2.44. The van der Waals surface area contributed by atoms with E-state index >= 15 is 0 Å². The number of ether oxygens (including phenoxy) is 2. The van der Waals surface area contributed by atoms with Crippen LogP contribution in [0.3, 0.4) is 0 Å². The predicted octanol–water partition coefficient (Wildman–Crippen LogP) is 3.81. The maximum Gasteiger partial charge on any atom is 0.411 e. The van der Waals surface area contributed by atoms with Crippen molar-refractivity contribution in [3.05, 3.63) is 35.6 Å². The summed E-state index contributed by atoms with van der Waals surface area (Å²) in [4.78, 5) is 32.6. The molecule has 0 bridgehead atoms. The lowest BCUT2D eigenvalue weighted by molar-refractivity contribution is -0.135. The average Bonchev–Trinajstić information content (AvgIpc) is 3.03. The van der Waals surface area contributed by atoms with Gasteiger partial charge in [-0.05, 0) is 57.7 Å². The van der Waals surface area contributed by atoms with Gasteiger partial charge in [0.2, 0.25) is 5.91 Å². The van der Waals surface area contributed by atoms with Crippen LogP contribution in [0.5, 0.6) is 0 Å². The SMILES string of the molecule is CC(C)(C)OC(=O)N1CC(OCc2ccc(F)cc2)CC1C(=O)N1CCCN(C2CCC2)CC1. The van der Waals surface area contributed by atoms with Crippen LogP contribution in [0, 0.1) is 5.82 Å². The molecule has 3 aliphatic rings. The molecule has 7 nitrogen and oxygen atoms in total. The van der Waals surface area contributed by atoms with Gasteiger partial charge in [0.25, 0.3) is 0 Å². The van der Waals surface area contributed by atoms with E-state index in [0.717, 1.165) is 25.1 Å². The van der Waals surface area contributed by atoms with Gasteiger partial charge in [-0.1, -0.05) is 18.6 Å². The monoisotopic (exact) mass is 475 g/mol. The number of carbonyl (C=O) groups is 2. The van der Waals surface area contributed by atoms with Gasteiger partial charge < -0.3 is 14.4 Å². The Bertz CT molecular complexity index is 853. The molecule has 4 rings (SSSR count). The van der Waals surface area contributed by atoms with Gasteiger partial charge in [-0.15, -0.1) is 0 Å². The number of halogens is 1. The highest BCUT2D eigenvalue weighted by molar-refractivity contribution is 5.86. The molecule has 1 saturated carbocycles. The molecule has 3 fully saturated rings. The van der Waals surface area contributed by atoms with Gasteiger partial charge in [-0.3, -0.25) is 14.6 Å². The van der Waals surface area contributed by atoms with Gasteiger partial charge in [0, 0.05) is 38.6 Å². The number of hydrogen-bond acceptors (Lipinski definition) is 5. The molecule has 188 valence electrons. The number of rotatable bonds is 5. The minimum absolute atomic E-state index is 0.0193. The quantitative estimate of drug-likeness (QED) is 0.648. The van der Waals surface area contributed by atoms with Crippen molar-refractivity contribution >= 4 is 12.0 Å². The topological polar surface area (TPSA) is 62.3 Å². The molecular weight excluding hydrogens is 437 g/mol. The summed E-state index contributed by atoms with van der Waals surface area (Å²) in [5, 5.41) is 0. The molecule has 34 heavy (non-hydrogen) atoms. The minimum atomic E-state index is -0.649. The van der Waals surface area contributed by atoms with Crippen LogP contribution in [0.1, 0.15) is 58.4 Å². The molecular formula is C26H38FN3O4. The van der Waals surface area contributed by atoms with Crippen molar-refractivity contribution in [2.75, 3.05) is 32.7 Å². The van der Waals surface area contributed by atoms with Crippen LogP contribution in [-0.4, -0.2) is 83.2 Å². The molecule has 2 unspecified atom stereocenters. The third kappa shape index (κ3) is 6.27. The second-order valence-corrected chi connectivity index (χ2v) is 10.7. The lowest BCUT2D eigenvalue weighted by Gasteiger charge is -2.37. The molecule has 2 heterocycles. The fraction of sp³-hybridized carbons (Fsp3) is 0.692. The van der Waals surface area contributed by atoms with Gasteiger partial charge in [-0.2, -0.15) is 0 Å². The molecule has 1 aromatic carbocycles. The van der Waals surface area contributed by atoms with Crippen molar-refractivity contribution in [2.24, 2.45) is 0 Å². The predicted molar refractivity (Wildman–Crippen MR) is 127 cm³/mol. The number of carbonyl (C=O) groups excluding carboxylic acids is 2. The number of benzene rings is 1. The van der Waals surface area contributed by atoms with Gasteiger partial charge in [-0.25, -0.2) is 9.18 Å². The molecule has 0 N–H and O–H groups in total. The first-order valence-electron chi connectivity index (χ1n) is 12.6. The summed E-state index contributed by atoms with van der Waals surface area (Å²) < 4.78 is 24.9. The second-order valence-electron chi connectivity index (χ2n) is 10.7. The summed E-state index contributed by atoms with van der Waals surface area (Å²) in [7, 11) is 0. The normalized spacial score (nSPS) is 24.6. The van der Waals surface area contributed by atoms with E-state index in [9.17, 15) is 14.0 Å². The van der Waals surface area contributed by atoms with Gasteiger partial charge >= 0.3 is 6.09 Å². The first-order valence-corrected chi connectivity index (χ1v) is 12.6. The Hall–Kier alpha value is -2.19. The molecule has 1 aliphatic carbocycles. The number of hydrogen-bond donors (Lipinski definition) is 0. The molecule has 1 aromatic rings. The second kappa shape index (κ2) is 10.6. The van der Waals surface area contributed by atoms with E-state index in [1.165, 1.54) is 36.3 Å². The van der Waals surface area contributed by atoms with Crippen molar-refractivity contribution in [2.45, 2.75) is 83.3 Å². The van der Waals surface area contributed by atoms with Crippen molar-refractivity contribution in [1.29, 1.82) is 0 Å². The largest absolute Gasteiger partial charge is 0.444 e. The molecule has 2 aliphatic heterocycles. The summed E-state index contributed by atoms with van der Waals surface area (Å²) in [5.74, 6) is -0.311. The zero-order valence-electron chi connectivity index (χ0n) is 20.7. The minimum Gasteiger partial charge on any atom is -0.444 e. The van der Waals surface area contributed by atoms with Crippen LogP contribution in [-0.2, 0) is 20.9 Å². The molecule has 2 saturated heterocycles. The van der Waals surface area contributed by atoms with Crippen LogP contribution >= 0.6 is 0 Å². The van der Waals surface area contributed by atoms with Gasteiger partial charge in [0.1, 0.15) is 17.5 Å². The zero-order chi connectivity index (χ0) is 24.3. The van der Waals surface area contributed by atoms with E-state index in [1.54, 1.807) is 12.1 Å². The van der Waals surface area contributed by atoms with Crippen molar-refractivity contribution in [3.63, 3.8) is 0 Å². The third-order valence-electron chi connectivity index (χ3n) is 7.01. The molecule has 0 aromatic heterocycles. The number of likely N-dealkylation sites (tertiary alicyclic amines) is 1. The molecule has 2 amide bonds. The molecule has 0 radical (unpaired) electrons. The van der Waals surface area contributed by atoms with Crippen LogP contribution in [0.15, 0.2) is 24.3 Å². The fourth-order valence-corrected chi connectivity index (χ4v) is 4.95. The van der Waals surface area contributed by atoms with Crippen LogP contribution < -0.4 is 0 Å². The van der Waals surface area contributed by atoms with E-state index < -0.39 is 17.7 Å². The summed E-state index contributed by atoms with van der Waals surface area (Å²) in [6, 6.07) is 6.25. The van der Waals surface area contributed by atoms with Crippen LogP contribution in [0.25, 0.3) is 0 Å². The smallest absolute Gasteiger partial charge is 0.411 e. The van der Waals surface area contributed by atoms with Gasteiger partial charge in [0.05, 0.1) is 19.3 Å². The third-order valence-corrected chi connectivity index (χ3v) is 7.01. The van der Waals surface area contributed by atoms with Gasteiger partial charge in [0.15, 0.2) is 0 Å². The number of nitrogens with zero attached hydrogens (tertiary/aromatic N) is 3. The Labute approximate surface area is 202 Å². The summed E-state index contributed by atoms with van der Waals surface area (Å²) >= 11 is 0. The van der Waals surface area contributed by atoms with Crippen LogP contribution in [0.4, 0.5) is 9.18 Å². The van der Waals surface area contributed by atoms with E-state index in [2.05, 4.69) is 4.90 Å². The Morgan fingerprint density at radius 3 is 2.41 bits per heavy atom. The lowest BCUT2D eigenvalue weighted by atomic mass is 9.91. The standard InChI is InChI=1S/C26H38FN3O4/c1-26(2,3)34-25(32)30-17-22(33-18-19-8-10-20(27)11-9-19)16-23(30)24(31)29-13-5-12-28(14-15-29)21-6-4-7-21/h8-11,21-23H,4-7,12-18H2,1-3H3. The first kappa shape index (κ1) is 24.9. The average molecular weight is 476 g/mol. The Balaban J connectivity index is 1.41. The summed E-state index contributed by atoms with van der Waals surface area (Å²) in [6.45, 7) is 9.39. The maximum absolute atomic E-state index is 13.6. The summed E-state index contributed by atoms with van der Waals surface area (Å²) in [6.07, 6.45) is 4.44. The lowest BCUT2D eigenvalue weighted by Crippen LogP contribution is -2.50. The Morgan fingerprint density at radius 1 is 1.03 bits per heavy atom. The Kier molecular flexibility index (Phi) is 7.77. The molecule has 0 spiro atoms. The Morgan fingerprint density at radius 2 is 1.76 bits per heavy atom. The van der Waals surface area contributed by atoms with E-state index in [4.69, 9.17) is 9.47 Å². The fourth-order valence-electron chi connectivity index (χ4n) is 4.95. The van der Waals surface area contributed by atoms with E-state index in [0.29, 0.717) is 38.7 Å². The summed E-state index contributed by atoms with van der Waals surface area (Å²) in [5.41, 5.74) is 0.201. The zero-order valence-corrected chi connectivity index (χ0v) is 20.7. The highest BCUT2D eigenvalue weighted by Crippen LogP contribution is 2.28.